The molecule has 2 aromatic rings. The molecule has 1 amide bonds. The van der Waals surface area contributed by atoms with Crippen molar-refractivity contribution in [1.29, 1.82) is 0 Å². The van der Waals surface area contributed by atoms with Crippen molar-refractivity contribution in [3.8, 4) is 0 Å². The summed E-state index contributed by atoms with van der Waals surface area (Å²) in [5.74, 6) is -0.955. The van der Waals surface area contributed by atoms with Crippen LogP contribution in [-0.4, -0.2) is 33.2 Å². The Balaban J connectivity index is 2.04. The minimum absolute atomic E-state index is 0.166. The minimum Gasteiger partial charge on any atom is -0.310 e. The average molecular weight is 425 g/mol. The molecule has 0 saturated heterocycles. The van der Waals surface area contributed by atoms with Gasteiger partial charge in [0.25, 0.3) is 5.91 Å². The highest BCUT2D eigenvalue weighted by Gasteiger charge is 2.36. The van der Waals surface area contributed by atoms with Crippen LogP contribution in [0.1, 0.15) is 25.3 Å². The van der Waals surface area contributed by atoms with E-state index in [0.717, 1.165) is 40.7 Å². The summed E-state index contributed by atoms with van der Waals surface area (Å²) in [6.07, 6.45) is 2.98. The molecular formula is C20H22ClFN2O3S. The normalized spacial score (nSPS) is 15.1. The minimum atomic E-state index is -3.82. The van der Waals surface area contributed by atoms with Crippen LogP contribution < -0.4 is 9.21 Å². The van der Waals surface area contributed by atoms with E-state index in [9.17, 15) is 17.6 Å². The molecule has 0 saturated carbocycles. The van der Waals surface area contributed by atoms with E-state index in [4.69, 9.17) is 11.6 Å². The summed E-state index contributed by atoms with van der Waals surface area (Å²) in [4.78, 5) is 15.1. The first kappa shape index (κ1) is 20.6. The lowest BCUT2D eigenvalue weighted by molar-refractivity contribution is -0.119. The topological polar surface area (TPSA) is 57.7 Å². The van der Waals surface area contributed by atoms with Crippen LogP contribution in [-0.2, 0) is 21.2 Å². The van der Waals surface area contributed by atoms with Crippen LogP contribution in [0.4, 0.5) is 15.8 Å². The second-order valence-electron chi connectivity index (χ2n) is 6.80. The summed E-state index contributed by atoms with van der Waals surface area (Å²) in [6.45, 7) is 2.27. The first-order chi connectivity index (χ1) is 13.2. The number of carbonyl (C=O) groups is 1. The van der Waals surface area contributed by atoms with Gasteiger partial charge in [0.05, 0.1) is 17.0 Å². The quantitative estimate of drug-likeness (QED) is 0.728. The number of para-hydroxylation sites is 1. The van der Waals surface area contributed by atoms with Crippen LogP contribution >= 0.6 is 11.6 Å². The maximum Gasteiger partial charge on any atom is 0.250 e. The number of hydrogen-bond acceptors (Lipinski definition) is 3. The van der Waals surface area contributed by atoms with Gasteiger partial charge in [-0.05, 0) is 49.1 Å². The maximum absolute atomic E-state index is 13.6. The van der Waals surface area contributed by atoms with Crippen LogP contribution in [0.3, 0.4) is 0 Å². The lowest BCUT2D eigenvalue weighted by Crippen LogP contribution is -2.52. The van der Waals surface area contributed by atoms with Gasteiger partial charge >= 0.3 is 0 Å². The Morgan fingerprint density at radius 3 is 2.64 bits per heavy atom. The molecule has 3 rings (SSSR count). The molecule has 1 unspecified atom stereocenters. The lowest BCUT2D eigenvalue weighted by Gasteiger charge is -2.36. The molecule has 28 heavy (non-hydrogen) atoms. The Morgan fingerprint density at radius 1 is 1.29 bits per heavy atom. The smallest absolute Gasteiger partial charge is 0.250 e. The van der Waals surface area contributed by atoms with Gasteiger partial charge in [-0.15, -0.1) is 0 Å². The Bertz CT molecular complexity index is 997. The van der Waals surface area contributed by atoms with Crippen LogP contribution in [0.2, 0.25) is 5.02 Å². The van der Waals surface area contributed by atoms with E-state index < -0.39 is 21.9 Å². The van der Waals surface area contributed by atoms with E-state index in [1.165, 1.54) is 12.1 Å². The first-order valence-corrected chi connectivity index (χ1v) is 11.3. The second-order valence-corrected chi connectivity index (χ2v) is 9.07. The van der Waals surface area contributed by atoms with E-state index in [1.807, 2.05) is 24.3 Å². The van der Waals surface area contributed by atoms with Crippen molar-refractivity contribution in [2.24, 2.45) is 0 Å². The number of sulfonamides is 1. The number of rotatable bonds is 5. The second kappa shape index (κ2) is 8.09. The number of amides is 1. The summed E-state index contributed by atoms with van der Waals surface area (Å²) < 4.78 is 39.8. The molecule has 8 heteroatoms. The zero-order valence-electron chi connectivity index (χ0n) is 15.7. The Morgan fingerprint density at radius 2 is 2.00 bits per heavy atom. The van der Waals surface area contributed by atoms with E-state index in [0.29, 0.717) is 6.54 Å². The highest BCUT2D eigenvalue weighted by molar-refractivity contribution is 7.92. The van der Waals surface area contributed by atoms with Gasteiger partial charge in [-0.2, -0.15) is 0 Å². The number of nitrogens with zero attached hydrogens (tertiary/aromatic N) is 2. The monoisotopic (exact) mass is 424 g/mol. The third-order valence-electron chi connectivity index (χ3n) is 4.85. The Hall–Kier alpha value is -2.12. The molecule has 0 aromatic heterocycles. The fourth-order valence-corrected chi connectivity index (χ4v) is 4.98. The molecule has 5 nitrogen and oxygen atoms in total. The van der Waals surface area contributed by atoms with E-state index >= 15 is 0 Å². The van der Waals surface area contributed by atoms with Crippen molar-refractivity contribution in [1.82, 2.24) is 0 Å². The van der Waals surface area contributed by atoms with Gasteiger partial charge in [0, 0.05) is 12.2 Å². The van der Waals surface area contributed by atoms with E-state index in [2.05, 4.69) is 0 Å². The molecule has 150 valence electrons. The number of halogens is 2. The van der Waals surface area contributed by atoms with Crippen molar-refractivity contribution in [2.45, 2.75) is 32.2 Å². The fourth-order valence-electron chi connectivity index (χ4n) is 3.61. The van der Waals surface area contributed by atoms with Gasteiger partial charge in [0.2, 0.25) is 10.0 Å². The standard InChI is InChI=1S/C20H22ClFN2O3S/c1-3-18(20(25)23-12-6-8-14-7-4-5-9-19(14)23)24(28(2,26)27)15-10-11-17(22)16(21)13-15/h4-5,7,9-11,13,18H,3,6,8,12H2,1-2H3. The molecular weight excluding hydrogens is 403 g/mol. The molecule has 0 N–H and O–H groups in total. The van der Waals surface area contributed by atoms with E-state index in [1.54, 1.807) is 11.8 Å². The average Bonchev–Trinajstić information content (AvgIpc) is 2.66. The molecule has 1 atom stereocenters. The van der Waals surface area contributed by atoms with Crippen LogP contribution in [0, 0.1) is 5.82 Å². The predicted molar refractivity (Wildman–Crippen MR) is 110 cm³/mol. The van der Waals surface area contributed by atoms with Crippen molar-refractivity contribution in [3.05, 3.63) is 58.9 Å². The number of carbonyl (C=O) groups excluding carboxylic acids is 1. The highest BCUT2D eigenvalue weighted by Crippen LogP contribution is 2.31. The number of hydrogen-bond donors (Lipinski definition) is 0. The van der Waals surface area contributed by atoms with Gasteiger partial charge in [-0.25, -0.2) is 12.8 Å². The number of benzene rings is 2. The SMILES string of the molecule is CCC(C(=O)N1CCCc2ccccc21)N(c1ccc(F)c(Cl)c1)S(C)(=O)=O. The van der Waals surface area contributed by atoms with Crippen molar-refractivity contribution >= 4 is 38.9 Å². The van der Waals surface area contributed by atoms with Gasteiger partial charge < -0.3 is 4.90 Å². The van der Waals surface area contributed by atoms with Crippen molar-refractivity contribution in [3.63, 3.8) is 0 Å². The predicted octanol–water partition coefficient (Wildman–Crippen LogP) is 4.00. The zero-order valence-corrected chi connectivity index (χ0v) is 17.3. The highest BCUT2D eigenvalue weighted by atomic mass is 35.5. The third kappa shape index (κ3) is 4.00. The van der Waals surface area contributed by atoms with Gasteiger partial charge in [0.15, 0.2) is 0 Å². The largest absolute Gasteiger partial charge is 0.310 e. The summed E-state index contributed by atoms with van der Waals surface area (Å²) in [7, 11) is -3.82. The molecule has 0 radical (unpaired) electrons. The van der Waals surface area contributed by atoms with E-state index in [-0.39, 0.29) is 23.0 Å². The van der Waals surface area contributed by atoms with Crippen molar-refractivity contribution in [2.75, 3.05) is 22.0 Å². The fraction of sp³-hybridized carbons (Fsp3) is 0.350. The maximum atomic E-state index is 13.6. The molecule has 0 spiro atoms. The first-order valence-electron chi connectivity index (χ1n) is 9.07. The molecule has 0 aliphatic carbocycles. The van der Waals surface area contributed by atoms with Crippen LogP contribution in [0.25, 0.3) is 0 Å². The summed E-state index contributed by atoms with van der Waals surface area (Å²) >= 11 is 5.86. The number of anilines is 2. The third-order valence-corrected chi connectivity index (χ3v) is 6.32. The van der Waals surface area contributed by atoms with Gasteiger partial charge in [0.1, 0.15) is 11.9 Å². The molecule has 2 aromatic carbocycles. The van der Waals surface area contributed by atoms with Gasteiger partial charge in [-0.3, -0.25) is 9.10 Å². The molecule has 0 bridgehead atoms. The summed E-state index contributed by atoms with van der Waals surface area (Å²) in [6, 6.07) is 10.3. The molecule has 1 aliphatic rings. The zero-order chi connectivity index (χ0) is 20.5. The summed E-state index contributed by atoms with van der Waals surface area (Å²) in [5.41, 5.74) is 2.04. The molecule has 0 fully saturated rings. The van der Waals surface area contributed by atoms with Crippen LogP contribution in [0.15, 0.2) is 42.5 Å². The molecule has 1 heterocycles. The number of fused-ring (bicyclic) bond motifs is 1. The van der Waals surface area contributed by atoms with Gasteiger partial charge in [-0.1, -0.05) is 36.7 Å². The van der Waals surface area contributed by atoms with Crippen molar-refractivity contribution < 1.29 is 17.6 Å². The summed E-state index contributed by atoms with van der Waals surface area (Å²) in [5, 5.41) is -0.197. The Kier molecular flexibility index (Phi) is 5.95. The lowest BCUT2D eigenvalue weighted by atomic mass is 10.0. The molecule has 1 aliphatic heterocycles. The van der Waals surface area contributed by atoms with Crippen LogP contribution in [0.5, 0.6) is 0 Å². The number of aryl methyl sites for hydroxylation is 1. The Labute approximate surface area is 169 Å².